The zero-order chi connectivity index (χ0) is 13.0. The Labute approximate surface area is 101 Å². The lowest BCUT2D eigenvalue weighted by atomic mass is 10.2. The summed E-state index contributed by atoms with van der Waals surface area (Å²) in [5.74, 6) is 0.721. The van der Waals surface area contributed by atoms with Crippen LogP contribution >= 0.6 is 0 Å². The molecule has 0 aliphatic heterocycles. The average molecular weight is 235 g/mol. The molecule has 0 unspecified atom stereocenters. The molecule has 0 atom stereocenters. The third kappa shape index (κ3) is 3.27. The van der Waals surface area contributed by atoms with Crippen molar-refractivity contribution in [1.29, 1.82) is 0 Å². The molecule has 0 fully saturated rings. The molecule has 1 amide bonds. The number of pyridine rings is 1. The van der Waals surface area contributed by atoms with Gasteiger partial charge in [-0.25, -0.2) is 4.98 Å². The minimum absolute atomic E-state index is 0.00756. The molecule has 0 aliphatic rings. The Bertz CT molecular complexity index is 430. The van der Waals surface area contributed by atoms with Gasteiger partial charge in [0, 0.05) is 32.9 Å². The Morgan fingerprint density at radius 2 is 2.06 bits per heavy atom. The van der Waals surface area contributed by atoms with Gasteiger partial charge in [-0.2, -0.15) is 0 Å². The summed E-state index contributed by atoms with van der Waals surface area (Å²) in [6.45, 7) is 2.13. The highest BCUT2D eigenvalue weighted by molar-refractivity contribution is 5.81. The molecular weight excluding hydrogens is 218 g/mol. The molecule has 1 rings (SSSR count). The van der Waals surface area contributed by atoms with Gasteiger partial charge < -0.3 is 9.80 Å². The fraction of sp³-hybridized carbons (Fsp3) is 0.417. The van der Waals surface area contributed by atoms with Crippen LogP contribution in [0.25, 0.3) is 0 Å². The molecule has 1 heterocycles. The van der Waals surface area contributed by atoms with Crippen LogP contribution in [-0.2, 0) is 4.79 Å². The number of anilines is 1. The van der Waals surface area contributed by atoms with Gasteiger partial charge in [0.25, 0.3) is 0 Å². The van der Waals surface area contributed by atoms with Gasteiger partial charge in [-0.1, -0.05) is 0 Å². The van der Waals surface area contributed by atoms with Crippen LogP contribution in [0, 0.1) is 6.92 Å². The van der Waals surface area contributed by atoms with Gasteiger partial charge in [-0.05, 0) is 18.6 Å². The summed E-state index contributed by atoms with van der Waals surface area (Å²) in [6, 6.07) is 1.76. The van der Waals surface area contributed by atoms with Gasteiger partial charge in [0.1, 0.15) is 5.82 Å². The van der Waals surface area contributed by atoms with Crippen LogP contribution < -0.4 is 4.90 Å². The van der Waals surface area contributed by atoms with Gasteiger partial charge in [0.2, 0.25) is 5.91 Å². The standard InChI is InChI=1S/C12H17N3O2/c1-9-5-10(8-16)6-13-12(9)15(4)7-11(17)14(2)3/h5-6,8H,7H2,1-4H3. The van der Waals surface area contributed by atoms with Crippen molar-refractivity contribution in [3.8, 4) is 0 Å². The van der Waals surface area contributed by atoms with Crippen molar-refractivity contribution in [2.45, 2.75) is 6.92 Å². The summed E-state index contributed by atoms with van der Waals surface area (Å²) in [5.41, 5.74) is 1.42. The zero-order valence-electron chi connectivity index (χ0n) is 10.6. The third-order valence-corrected chi connectivity index (χ3v) is 2.44. The summed E-state index contributed by atoms with van der Waals surface area (Å²) in [4.78, 5) is 29.6. The van der Waals surface area contributed by atoms with Gasteiger partial charge >= 0.3 is 0 Å². The fourth-order valence-electron chi connectivity index (χ4n) is 1.47. The van der Waals surface area contributed by atoms with E-state index in [9.17, 15) is 9.59 Å². The predicted molar refractivity (Wildman–Crippen MR) is 66.3 cm³/mol. The van der Waals surface area contributed by atoms with Crippen LogP contribution in [-0.4, -0.2) is 49.8 Å². The second-order valence-electron chi connectivity index (χ2n) is 4.17. The highest BCUT2D eigenvalue weighted by atomic mass is 16.2. The van der Waals surface area contributed by atoms with E-state index in [-0.39, 0.29) is 12.5 Å². The first-order chi connectivity index (χ1) is 7.95. The van der Waals surface area contributed by atoms with Gasteiger partial charge in [0.15, 0.2) is 6.29 Å². The molecule has 0 aromatic carbocycles. The van der Waals surface area contributed by atoms with Crippen molar-refractivity contribution in [2.75, 3.05) is 32.6 Å². The normalized spacial score (nSPS) is 9.88. The van der Waals surface area contributed by atoms with Gasteiger partial charge in [-0.3, -0.25) is 9.59 Å². The van der Waals surface area contributed by atoms with Crippen molar-refractivity contribution in [1.82, 2.24) is 9.88 Å². The largest absolute Gasteiger partial charge is 0.350 e. The summed E-state index contributed by atoms with van der Waals surface area (Å²) >= 11 is 0. The first-order valence-corrected chi connectivity index (χ1v) is 5.28. The molecule has 17 heavy (non-hydrogen) atoms. The van der Waals surface area contributed by atoms with Crippen molar-refractivity contribution in [2.24, 2.45) is 0 Å². The number of rotatable bonds is 4. The van der Waals surface area contributed by atoms with Crippen LogP contribution in [0.1, 0.15) is 15.9 Å². The van der Waals surface area contributed by atoms with Crippen LogP contribution in [0.3, 0.4) is 0 Å². The summed E-state index contributed by atoms with van der Waals surface area (Å²) in [7, 11) is 5.23. The molecule has 1 aromatic heterocycles. The quantitative estimate of drug-likeness (QED) is 0.722. The van der Waals surface area contributed by atoms with Crippen LogP contribution in [0.5, 0.6) is 0 Å². The number of nitrogens with zero attached hydrogens (tertiary/aromatic N) is 3. The molecule has 0 aliphatic carbocycles. The highest BCUT2D eigenvalue weighted by Crippen LogP contribution is 2.15. The number of aldehydes is 1. The molecule has 0 saturated heterocycles. The average Bonchev–Trinajstić information content (AvgIpc) is 2.28. The van der Waals surface area contributed by atoms with Crippen molar-refractivity contribution >= 4 is 18.0 Å². The number of likely N-dealkylation sites (N-methyl/N-ethyl adjacent to an activating group) is 2. The molecule has 0 radical (unpaired) electrons. The number of carbonyl (C=O) groups is 2. The first-order valence-electron chi connectivity index (χ1n) is 5.28. The molecule has 0 bridgehead atoms. The summed E-state index contributed by atoms with van der Waals surface area (Å²) < 4.78 is 0. The maximum absolute atomic E-state index is 11.6. The Kier molecular flexibility index (Phi) is 4.20. The van der Waals surface area contributed by atoms with Crippen molar-refractivity contribution in [3.63, 3.8) is 0 Å². The minimum Gasteiger partial charge on any atom is -0.350 e. The first kappa shape index (κ1) is 13.2. The molecule has 0 spiro atoms. The number of carbonyl (C=O) groups excluding carboxylic acids is 2. The second kappa shape index (κ2) is 5.43. The van der Waals surface area contributed by atoms with Crippen LogP contribution in [0.15, 0.2) is 12.3 Å². The van der Waals surface area contributed by atoms with Crippen molar-refractivity contribution < 1.29 is 9.59 Å². The third-order valence-electron chi connectivity index (χ3n) is 2.44. The lowest BCUT2D eigenvalue weighted by molar-refractivity contribution is -0.127. The van der Waals surface area contributed by atoms with E-state index in [0.29, 0.717) is 11.4 Å². The SMILES string of the molecule is Cc1cc(C=O)cnc1N(C)CC(=O)N(C)C. The van der Waals surface area contributed by atoms with E-state index in [1.54, 1.807) is 32.1 Å². The lowest BCUT2D eigenvalue weighted by Crippen LogP contribution is -2.35. The highest BCUT2D eigenvalue weighted by Gasteiger charge is 2.12. The lowest BCUT2D eigenvalue weighted by Gasteiger charge is -2.21. The maximum atomic E-state index is 11.6. The molecule has 5 heteroatoms. The Balaban J connectivity index is 2.85. The summed E-state index contributed by atoms with van der Waals surface area (Å²) in [5, 5.41) is 0. The van der Waals surface area contributed by atoms with Crippen LogP contribution in [0.2, 0.25) is 0 Å². The molecular formula is C12H17N3O2. The number of aromatic nitrogens is 1. The Hall–Kier alpha value is -1.91. The molecule has 5 nitrogen and oxygen atoms in total. The minimum atomic E-state index is 0.00756. The van der Waals surface area contributed by atoms with E-state index in [2.05, 4.69) is 4.98 Å². The number of amides is 1. The monoisotopic (exact) mass is 235 g/mol. The van der Waals surface area contributed by atoms with E-state index in [0.717, 1.165) is 11.8 Å². The fourth-order valence-corrected chi connectivity index (χ4v) is 1.47. The van der Waals surface area contributed by atoms with E-state index >= 15 is 0 Å². The number of hydrogen-bond donors (Lipinski definition) is 0. The number of hydrogen-bond acceptors (Lipinski definition) is 4. The molecule has 0 saturated carbocycles. The second-order valence-corrected chi connectivity index (χ2v) is 4.17. The van der Waals surface area contributed by atoms with E-state index in [4.69, 9.17) is 0 Å². The van der Waals surface area contributed by atoms with Gasteiger partial charge in [0.05, 0.1) is 6.54 Å². The van der Waals surface area contributed by atoms with E-state index in [1.807, 2.05) is 6.92 Å². The zero-order valence-corrected chi connectivity index (χ0v) is 10.6. The molecule has 92 valence electrons. The smallest absolute Gasteiger partial charge is 0.241 e. The predicted octanol–water partition coefficient (Wildman–Crippen LogP) is 0.727. The van der Waals surface area contributed by atoms with Gasteiger partial charge in [-0.15, -0.1) is 0 Å². The van der Waals surface area contributed by atoms with E-state index < -0.39 is 0 Å². The molecule has 0 N–H and O–H groups in total. The van der Waals surface area contributed by atoms with Crippen molar-refractivity contribution in [3.05, 3.63) is 23.4 Å². The number of aryl methyl sites for hydroxylation is 1. The Morgan fingerprint density at radius 1 is 1.41 bits per heavy atom. The maximum Gasteiger partial charge on any atom is 0.241 e. The molecule has 1 aromatic rings. The topological polar surface area (TPSA) is 53.5 Å². The van der Waals surface area contributed by atoms with E-state index in [1.165, 1.54) is 11.1 Å². The van der Waals surface area contributed by atoms with Crippen LogP contribution in [0.4, 0.5) is 5.82 Å². The summed E-state index contributed by atoms with van der Waals surface area (Å²) in [6.07, 6.45) is 2.26. The Morgan fingerprint density at radius 3 is 2.53 bits per heavy atom.